The Bertz CT molecular complexity index is 443. The minimum absolute atomic E-state index is 0.226. The number of aliphatic hydroxyl groups excluding tert-OH is 1. The number of amides is 1. The Morgan fingerprint density at radius 2 is 2.00 bits per heavy atom. The predicted octanol–water partition coefficient (Wildman–Crippen LogP) is 1.96. The third kappa shape index (κ3) is 1.77. The van der Waals surface area contributed by atoms with Gasteiger partial charge in [-0.3, -0.25) is 4.79 Å². The first-order valence-corrected chi connectivity index (χ1v) is 6.20. The van der Waals surface area contributed by atoms with Crippen LogP contribution in [0.3, 0.4) is 0 Å². The molecule has 4 heteroatoms. The lowest BCUT2D eigenvalue weighted by Crippen LogP contribution is -2.73. The number of aliphatic hydroxyl groups is 1. The number of methoxy groups -OCH3 is 1. The average molecular weight is 249 g/mol. The number of hydrogen-bond acceptors (Lipinski definition) is 3. The first kappa shape index (κ1) is 12.9. The van der Waals surface area contributed by atoms with Crippen molar-refractivity contribution in [2.75, 3.05) is 12.0 Å². The average Bonchev–Trinajstić information content (AvgIpc) is 2.39. The number of anilines is 1. The normalized spacial score (nSPS) is 27.0. The lowest BCUT2D eigenvalue weighted by Gasteiger charge is -2.53. The van der Waals surface area contributed by atoms with E-state index in [1.54, 1.807) is 12.0 Å². The van der Waals surface area contributed by atoms with Gasteiger partial charge >= 0.3 is 0 Å². The highest BCUT2D eigenvalue weighted by atomic mass is 16.5. The second-order valence-electron chi connectivity index (χ2n) is 4.88. The van der Waals surface area contributed by atoms with Crippen LogP contribution < -0.4 is 9.64 Å². The van der Waals surface area contributed by atoms with Crippen molar-refractivity contribution in [2.45, 2.75) is 38.3 Å². The number of carbonyl (C=O) groups excluding carboxylic acids is 1. The van der Waals surface area contributed by atoms with E-state index in [9.17, 15) is 9.90 Å². The van der Waals surface area contributed by atoms with E-state index < -0.39 is 11.6 Å². The SMILES string of the molecule is CCCC1(C)[C@@H](O)C(=O)N1c1ccc(OC)cc1. The van der Waals surface area contributed by atoms with Crippen LogP contribution in [0.2, 0.25) is 0 Å². The summed E-state index contributed by atoms with van der Waals surface area (Å²) in [7, 11) is 1.61. The van der Waals surface area contributed by atoms with Gasteiger partial charge in [0.15, 0.2) is 6.10 Å². The molecule has 0 aromatic heterocycles. The number of benzene rings is 1. The van der Waals surface area contributed by atoms with E-state index in [2.05, 4.69) is 0 Å². The summed E-state index contributed by atoms with van der Waals surface area (Å²) in [6.07, 6.45) is 0.818. The zero-order valence-corrected chi connectivity index (χ0v) is 11.0. The molecule has 1 aliphatic heterocycles. The van der Waals surface area contributed by atoms with E-state index in [-0.39, 0.29) is 5.91 Å². The van der Waals surface area contributed by atoms with Crippen molar-refractivity contribution in [3.63, 3.8) is 0 Å². The van der Waals surface area contributed by atoms with Crippen LogP contribution in [0.25, 0.3) is 0 Å². The van der Waals surface area contributed by atoms with Crippen LogP contribution in [0.1, 0.15) is 26.7 Å². The summed E-state index contributed by atoms with van der Waals surface area (Å²) >= 11 is 0. The molecule has 1 saturated heterocycles. The molecular weight excluding hydrogens is 230 g/mol. The highest BCUT2D eigenvalue weighted by molar-refractivity contribution is 6.06. The van der Waals surface area contributed by atoms with E-state index in [1.807, 2.05) is 38.1 Å². The Morgan fingerprint density at radius 3 is 2.50 bits per heavy atom. The molecule has 0 aliphatic carbocycles. The molecule has 0 bridgehead atoms. The maximum Gasteiger partial charge on any atom is 0.258 e. The molecule has 1 aromatic carbocycles. The first-order valence-electron chi connectivity index (χ1n) is 6.20. The molecular formula is C14H19NO3. The summed E-state index contributed by atoms with van der Waals surface area (Å²) in [6, 6.07) is 7.33. The molecule has 1 heterocycles. The van der Waals surface area contributed by atoms with Crippen LogP contribution >= 0.6 is 0 Å². The van der Waals surface area contributed by atoms with Gasteiger partial charge in [-0.1, -0.05) is 13.3 Å². The lowest BCUT2D eigenvalue weighted by atomic mass is 9.78. The Labute approximate surface area is 107 Å². The first-order chi connectivity index (χ1) is 8.54. The molecule has 0 spiro atoms. The van der Waals surface area contributed by atoms with Crippen molar-refractivity contribution < 1.29 is 14.6 Å². The van der Waals surface area contributed by atoms with Crippen molar-refractivity contribution >= 4 is 11.6 Å². The zero-order chi connectivity index (χ0) is 13.3. The number of β-lactam (4-membered cyclic amide) rings is 1. The molecule has 2 atom stereocenters. The van der Waals surface area contributed by atoms with Gasteiger partial charge in [0, 0.05) is 5.69 Å². The third-order valence-corrected chi connectivity index (χ3v) is 3.64. The van der Waals surface area contributed by atoms with Gasteiger partial charge in [0.1, 0.15) is 5.75 Å². The largest absolute Gasteiger partial charge is 0.497 e. The van der Waals surface area contributed by atoms with E-state index >= 15 is 0 Å². The van der Waals surface area contributed by atoms with Crippen LogP contribution in [-0.2, 0) is 4.79 Å². The van der Waals surface area contributed by atoms with Crippen molar-refractivity contribution in [3.05, 3.63) is 24.3 Å². The van der Waals surface area contributed by atoms with E-state index in [0.29, 0.717) is 0 Å². The number of rotatable bonds is 4. The zero-order valence-electron chi connectivity index (χ0n) is 11.0. The van der Waals surface area contributed by atoms with Crippen LogP contribution in [0, 0.1) is 0 Å². The molecule has 1 amide bonds. The molecule has 1 aromatic rings. The Kier molecular flexibility index (Phi) is 3.30. The van der Waals surface area contributed by atoms with Crippen LogP contribution in [0.15, 0.2) is 24.3 Å². The van der Waals surface area contributed by atoms with Gasteiger partial charge in [-0.2, -0.15) is 0 Å². The van der Waals surface area contributed by atoms with Gasteiger partial charge in [-0.05, 0) is 37.6 Å². The number of ether oxygens (including phenoxy) is 1. The molecule has 0 saturated carbocycles. The molecule has 18 heavy (non-hydrogen) atoms. The van der Waals surface area contributed by atoms with Crippen LogP contribution in [0.5, 0.6) is 5.75 Å². The summed E-state index contributed by atoms with van der Waals surface area (Å²) in [5.74, 6) is 0.528. The van der Waals surface area contributed by atoms with Gasteiger partial charge < -0.3 is 14.7 Å². The molecule has 1 fully saturated rings. The van der Waals surface area contributed by atoms with Crippen molar-refractivity contribution in [2.24, 2.45) is 0 Å². The second kappa shape index (κ2) is 4.61. The maximum atomic E-state index is 11.9. The van der Waals surface area contributed by atoms with Crippen LogP contribution in [0.4, 0.5) is 5.69 Å². The van der Waals surface area contributed by atoms with Gasteiger partial charge in [0.05, 0.1) is 12.6 Å². The summed E-state index contributed by atoms with van der Waals surface area (Å²) in [4.78, 5) is 13.5. The topological polar surface area (TPSA) is 49.8 Å². The Balaban J connectivity index is 2.28. The number of nitrogens with zero attached hydrogens (tertiary/aromatic N) is 1. The van der Waals surface area contributed by atoms with Crippen molar-refractivity contribution in [1.29, 1.82) is 0 Å². The molecule has 4 nitrogen and oxygen atoms in total. The maximum absolute atomic E-state index is 11.9. The van der Waals surface area contributed by atoms with Crippen molar-refractivity contribution in [3.8, 4) is 5.75 Å². The van der Waals surface area contributed by atoms with Crippen molar-refractivity contribution in [1.82, 2.24) is 0 Å². The molecule has 0 radical (unpaired) electrons. The summed E-state index contributed by atoms with van der Waals surface area (Å²) in [5, 5.41) is 9.88. The molecule has 1 aliphatic rings. The standard InChI is InChI=1S/C14H19NO3/c1-4-9-14(2)12(16)13(17)15(14)10-5-7-11(18-3)8-6-10/h5-8,12,16H,4,9H2,1-3H3/t12-,14?/m0/s1. The molecule has 1 unspecified atom stereocenters. The lowest BCUT2D eigenvalue weighted by molar-refractivity contribution is -0.143. The summed E-state index contributed by atoms with van der Waals surface area (Å²) in [6.45, 7) is 3.97. The quantitative estimate of drug-likeness (QED) is 0.830. The van der Waals surface area contributed by atoms with E-state index in [0.717, 1.165) is 24.3 Å². The minimum atomic E-state index is -0.889. The van der Waals surface area contributed by atoms with Gasteiger partial charge in [0.25, 0.3) is 5.91 Å². The minimum Gasteiger partial charge on any atom is -0.497 e. The summed E-state index contributed by atoms with van der Waals surface area (Å²) in [5.41, 5.74) is 0.322. The monoisotopic (exact) mass is 249 g/mol. The fourth-order valence-corrected chi connectivity index (χ4v) is 2.60. The Hall–Kier alpha value is -1.55. The van der Waals surface area contributed by atoms with E-state index in [4.69, 9.17) is 4.74 Å². The summed E-state index contributed by atoms with van der Waals surface area (Å²) < 4.78 is 5.10. The van der Waals surface area contributed by atoms with Crippen LogP contribution in [-0.4, -0.2) is 29.8 Å². The highest BCUT2D eigenvalue weighted by Gasteiger charge is 2.56. The predicted molar refractivity (Wildman–Crippen MR) is 69.8 cm³/mol. The number of hydrogen-bond donors (Lipinski definition) is 1. The van der Waals surface area contributed by atoms with E-state index in [1.165, 1.54) is 0 Å². The molecule has 98 valence electrons. The highest BCUT2D eigenvalue weighted by Crippen LogP contribution is 2.40. The third-order valence-electron chi connectivity index (χ3n) is 3.64. The van der Waals surface area contributed by atoms with Gasteiger partial charge in [-0.15, -0.1) is 0 Å². The van der Waals surface area contributed by atoms with Gasteiger partial charge in [-0.25, -0.2) is 0 Å². The molecule has 1 N–H and O–H groups in total. The fourth-order valence-electron chi connectivity index (χ4n) is 2.60. The Morgan fingerprint density at radius 1 is 1.39 bits per heavy atom. The second-order valence-corrected chi connectivity index (χ2v) is 4.88. The smallest absolute Gasteiger partial charge is 0.258 e. The van der Waals surface area contributed by atoms with Gasteiger partial charge in [0.2, 0.25) is 0 Å². The molecule has 2 rings (SSSR count). The fraction of sp³-hybridized carbons (Fsp3) is 0.500. The number of carbonyl (C=O) groups is 1.